The van der Waals surface area contributed by atoms with Gasteiger partial charge in [0.05, 0.1) is 12.5 Å². The minimum atomic E-state index is -4.49. The minimum absolute atomic E-state index is 0.0617. The normalized spacial score (nSPS) is 19.2. The van der Waals surface area contributed by atoms with Crippen molar-refractivity contribution in [2.75, 3.05) is 0 Å². The maximum absolute atomic E-state index is 13.1. The summed E-state index contributed by atoms with van der Waals surface area (Å²) in [5.74, 6) is -2.05. The van der Waals surface area contributed by atoms with E-state index in [0.29, 0.717) is 16.7 Å². The lowest BCUT2D eigenvalue weighted by atomic mass is 10.0. The van der Waals surface area contributed by atoms with Crippen molar-refractivity contribution < 1.29 is 32.3 Å². The SMILES string of the molecule is O=C1CCC(N2Cc3cc(C(=O)N[C@H](CC(F)(F)F)c4ccccc4)ccc3C2=O)C(=O)N1. The largest absolute Gasteiger partial charge is 0.391 e. The number of carbonyl (C=O) groups excluding carboxylic acids is 4. The topological polar surface area (TPSA) is 95.6 Å². The van der Waals surface area contributed by atoms with Crippen LogP contribution in [0.15, 0.2) is 48.5 Å². The smallest absolute Gasteiger partial charge is 0.345 e. The van der Waals surface area contributed by atoms with Crippen LogP contribution in [-0.2, 0) is 16.1 Å². The summed E-state index contributed by atoms with van der Waals surface area (Å²) in [4.78, 5) is 50.4. The van der Waals surface area contributed by atoms with Gasteiger partial charge in [0.25, 0.3) is 11.8 Å². The van der Waals surface area contributed by atoms with Gasteiger partial charge < -0.3 is 10.2 Å². The quantitative estimate of drug-likeness (QED) is 0.673. The average Bonchev–Trinajstić information content (AvgIpc) is 3.08. The lowest BCUT2D eigenvalue weighted by Gasteiger charge is -2.29. The average molecular weight is 459 g/mol. The summed E-state index contributed by atoms with van der Waals surface area (Å²) in [7, 11) is 0. The fraction of sp³-hybridized carbons (Fsp3) is 0.304. The molecule has 4 amide bonds. The molecular formula is C23H20F3N3O4. The summed E-state index contributed by atoms with van der Waals surface area (Å²) in [5, 5.41) is 4.65. The van der Waals surface area contributed by atoms with Gasteiger partial charge in [0.15, 0.2) is 0 Å². The summed E-state index contributed by atoms with van der Waals surface area (Å²) >= 11 is 0. The molecule has 2 N–H and O–H groups in total. The molecule has 33 heavy (non-hydrogen) atoms. The summed E-state index contributed by atoms with van der Waals surface area (Å²) in [5.41, 5.74) is 1.23. The highest BCUT2D eigenvalue weighted by atomic mass is 19.4. The molecule has 0 bridgehead atoms. The van der Waals surface area contributed by atoms with Crippen molar-refractivity contribution in [1.82, 2.24) is 15.5 Å². The van der Waals surface area contributed by atoms with Gasteiger partial charge in [-0.15, -0.1) is 0 Å². The zero-order valence-electron chi connectivity index (χ0n) is 17.3. The number of carbonyl (C=O) groups is 4. The number of imide groups is 1. The molecule has 1 unspecified atom stereocenters. The Kier molecular flexibility index (Phi) is 5.92. The molecule has 2 aromatic carbocycles. The zero-order valence-corrected chi connectivity index (χ0v) is 17.3. The highest BCUT2D eigenvalue weighted by Gasteiger charge is 2.39. The molecule has 7 nitrogen and oxygen atoms in total. The fourth-order valence-electron chi connectivity index (χ4n) is 4.13. The minimum Gasteiger partial charge on any atom is -0.345 e. The highest BCUT2D eigenvalue weighted by molar-refractivity contribution is 6.06. The van der Waals surface area contributed by atoms with Crippen molar-refractivity contribution in [2.24, 2.45) is 0 Å². The van der Waals surface area contributed by atoms with Gasteiger partial charge in [0, 0.05) is 24.1 Å². The van der Waals surface area contributed by atoms with Gasteiger partial charge in [-0.25, -0.2) is 0 Å². The number of nitrogens with zero attached hydrogens (tertiary/aromatic N) is 1. The van der Waals surface area contributed by atoms with Gasteiger partial charge in [-0.1, -0.05) is 30.3 Å². The molecule has 1 saturated heterocycles. The van der Waals surface area contributed by atoms with E-state index in [2.05, 4.69) is 10.6 Å². The molecule has 2 aliphatic heterocycles. The van der Waals surface area contributed by atoms with Crippen LogP contribution in [0.2, 0.25) is 0 Å². The monoisotopic (exact) mass is 459 g/mol. The van der Waals surface area contributed by atoms with Crippen molar-refractivity contribution in [2.45, 2.75) is 44.1 Å². The number of nitrogens with one attached hydrogen (secondary N) is 2. The number of piperidine rings is 1. The Labute approximate surface area is 186 Å². The summed E-state index contributed by atoms with van der Waals surface area (Å²) in [6.07, 6.45) is -5.39. The number of benzene rings is 2. The van der Waals surface area contributed by atoms with Crippen LogP contribution in [0.1, 0.15) is 57.1 Å². The lowest BCUT2D eigenvalue weighted by molar-refractivity contribution is -0.140. The third kappa shape index (κ3) is 4.89. The molecule has 1 fully saturated rings. The number of alkyl halides is 3. The van der Waals surface area contributed by atoms with E-state index in [4.69, 9.17) is 0 Å². The molecule has 2 aromatic rings. The van der Waals surface area contributed by atoms with Crippen LogP contribution < -0.4 is 10.6 Å². The summed E-state index contributed by atoms with van der Waals surface area (Å²) in [6, 6.07) is 10.1. The third-order valence-corrected chi connectivity index (χ3v) is 5.73. The Morgan fingerprint density at radius 1 is 1.12 bits per heavy atom. The maximum Gasteiger partial charge on any atom is 0.391 e. The second-order valence-corrected chi connectivity index (χ2v) is 8.03. The van der Waals surface area contributed by atoms with Crippen molar-refractivity contribution in [3.05, 3.63) is 70.8 Å². The van der Waals surface area contributed by atoms with Gasteiger partial charge in [-0.2, -0.15) is 13.2 Å². The Morgan fingerprint density at radius 3 is 2.52 bits per heavy atom. The standard InChI is InChI=1S/C23H20F3N3O4/c24-23(25,26)11-17(13-4-2-1-3-5-13)27-20(31)14-6-7-16-15(10-14)12-29(22(16)33)18-8-9-19(30)28-21(18)32/h1-7,10,17-18H,8-9,11-12H2,(H,27,31)(H,28,30,32)/t17-,18?/m1/s1. The van der Waals surface area contributed by atoms with Crippen LogP contribution in [0.3, 0.4) is 0 Å². The third-order valence-electron chi connectivity index (χ3n) is 5.73. The first-order valence-corrected chi connectivity index (χ1v) is 10.3. The van der Waals surface area contributed by atoms with Gasteiger partial charge in [0.2, 0.25) is 11.8 Å². The molecule has 4 rings (SSSR count). The van der Waals surface area contributed by atoms with Crippen LogP contribution in [0.4, 0.5) is 13.2 Å². The Hall–Kier alpha value is -3.69. The summed E-state index contributed by atoms with van der Waals surface area (Å²) in [6.45, 7) is 0.0617. The molecule has 172 valence electrons. The molecule has 0 spiro atoms. The molecule has 0 saturated carbocycles. The van der Waals surface area contributed by atoms with E-state index in [0.717, 1.165) is 0 Å². The number of hydrogen-bond donors (Lipinski definition) is 2. The van der Waals surface area contributed by atoms with E-state index < -0.39 is 48.3 Å². The highest BCUT2D eigenvalue weighted by Crippen LogP contribution is 2.31. The zero-order chi connectivity index (χ0) is 23.8. The molecule has 0 radical (unpaired) electrons. The fourth-order valence-corrected chi connectivity index (χ4v) is 4.13. The Bertz CT molecular complexity index is 1120. The first kappa shape index (κ1) is 22.5. The maximum atomic E-state index is 13.1. The Morgan fingerprint density at radius 2 is 1.85 bits per heavy atom. The molecular weight excluding hydrogens is 439 g/mol. The molecule has 0 aliphatic carbocycles. The van der Waals surface area contributed by atoms with Crippen molar-refractivity contribution >= 4 is 23.6 Å². The first-order chi connectivity index (χ1) is 15.6. The van der Waals surface area contributed by atoms with Crippen LogP contribution in [0.25, 0.3) is 0 Å². The van der Waals surface area contributed by atoms with E-state index in [9.17, 15) is 32.3 Å². The second-order valence-electron chi connectivity index (χ2n) is 8.03. The van der Waals surface area contributed by atoms with E-state index in [1.54, 1.807) is 18.2 Å². The molecule has 2 heterocycles. The number of halogens is 3. The van der Waals surface area contributed by atoms with Gasteiger partial charge in [0.1, 0.15) is 6.04 Å². The van der Waals surface area contributed by atoms with E-state index in [1.165, 1.54) is 35.2 Å². The number of fused-ring (bicyclic) bond motifs is 1. The van der Waals surface area contributed by atoms with E-state index in [-0.39, 0.29) is 24.9 Å². The molecule has 2 atom stereocenters. The molecule has 2 aliphatic rings. The predicted octanol–water partition coefficient (Wildman–Crippen LogP) is 2.87. The lowest BCUT2D eigenvalue weighted by Crippen LogP contribution is -2.52. The van der Waals surface area contributed by atoms with Gasteiger partial charge in [-0.05, 0) is 35.7 Å². The van der Waals surface area contributed by atoms with Gasteiger partial charge in [-0.3, -0.25) is 24.5 Å². The Balaban J connectivity index is 1.52. The molecule has 10 heteroatoms. The number of amides is 4. The van der Waals surface area contributed by atoms with Gasteiger partial charge >= 0.3 is 6.18 Å². The number of hydrogen-bond acceptors (Lipinski definition) is 4. The summed E-state index contributed by atoms with van der Waals surface area (Å²) < 4.78 is 39.3. The predicted molar refractivity (Wildman–Crippen MR) is 110 cm³/mol. The van der Waals surface area contributed by atoms with E-state index >= 15 is 0 Å². The van der Waals surface area contributed by atoms with Crippen LogP contribution in [0.5, 0.6) is 0 Å². The number of rotatable bonds is 5. The van der Waals surface area contributed by atoms with Crippen molar-refractivity contribution in [3.8, 4) is 0 Å². The van der Waals surface area contributed by atoms with Crippen LogP contribution >= 0.6 is 0 Å². The van der Waals surface area contributed by atoms with Crippen LogP contribution in [0, 0.1) is 0 Å². The molecule has 0 aromatic heterocycles. The second kappa shape index (κ2) is 8.68. The van der Waals surface area contributed by atoms with Crippen molar-refractivity contribution in [3.63, 3.8) is 0 Å². The first-order valence-electron chi connectivity index (χ1n) is 10.3. The van der Waals surface area contributed by atoms with E-state index in [1.807, 2.05) is 0 Å². The van der Waals surface area contributed by atoms with Crippen molar-refractivity contribution in [1.29, 1.82) is 0 Å². The van der Waals surface area contributed by atoms with Crippen LogP contribution in [-0.4, -0.2) is 40.7 Å².